The summed E-state index contributed by atoms with van der Waals surface area (Å²) in [7, 11) is 4.35. The Morgan fingerprint density at radius 2 is 1.18 bits per heavy atom. The van der Waals surface area contributed by atoms with Crippen molar-refractivity contribution in [3.63, 3.8) is 0 Å². The molecule has 0 bridgehead atoms. The van der Waals surface area contributed by atoms with Gasteiger partial charge < -0.3 is 9.80 Å². The Bertz CT molecular complexity index is 73.6. The Hall–Kier alpha value is -0.0800. The SMILES string of the molecule is CCN(C)CCCN(C)CC. The lowest BCUT2D eigenvalue weighted by molar-refractivity contribution is 0.293. The molecule has 0 aliphatic carbocycles. The van der Waals surface area contributed by atoms with Gasteiger partial charge in [0.05, 0.1) is 0 Å². The van der Waals surface area contributed by atoms with Gasteiger partial charge in [0.2, 0.25) is 0 Å². The van der Waals surface area contributed by atoms with Crippen LogP contribution in [-0.2, 0) is 0 Å². The predicted molar refractivity (Wildman–Crippen MR) is 51.0 cm³/mol. The highest BCUT2D eigenvalue weighted by Gasteiger charge is 1.96. The zero-order valence-corrected chi connectivity index (χ0v) is 8.43. The van der Waals surface area contributed by atoms with Gasteiger partial charge in [-0.1, -0.05) is 13.8 Å². The molecule has 0 aromatic carbocycles. The molecule has 0 spiro atoms. The van der Waals surface area contributed by atoms with E-state index in [1.807, 2.05) is 0 Å². The van der Waals surface area contributed by atoms with Crippen molar-refractivity contribution in [1.29, 1.82) is 0 Å². The highest BCUT2D eigenvalue weighted by atomic mass is 15.1. The van der Waals surface area contributed by atoms with Crippen LogP contribution in [0.15, 0.2) is 0 Å². The molecule has 0 saturated heterocycles. The standard InChI is InChI=1S/C9H22N2/c1-5-10(3)8-7-9-11(4)6-2/h5-9H2,1-4H3. The Kier molecular flexibility index (Phi) is 6.57. The zero-order chi connectivity index (χ0) is 8.69. The average Bonchev–Trinajstić information content (AvgIpc) is 2.04. The van der Waals surface area contributed by atoms with Crippen LogP contribution in [0.4, 0.5) is 0 Å². The monoisotopic (exact) mass is 158 g/mol. The van der Waals surface area contributed by atoms with E-state index in [9.17, 15) is 0 Å². The quantitative estimate of drug-likeness (QED) is 0.574. The normalized spacial score (nSPS) is 11.5. The van der Waals surface area contributed by atoms with E-state index in [-0.39, 0.29) is 0 Å². The number of rotatable bonds is 6. The summed E-state index contributed by atoms with van der Waals surface area (Å²) in [4.78, 5) is 4.70. The topological polar surface area (TPSA) is 6.48 Å². The molecule has 0 heterocycles. The van der Waals surface area contributed by atoms with Gasteiger partial charge in [-0.15, -0.1) is 0 Å². The van der Waals surface area contributed by atoms with E-state index in [1.165, 1.54) is 19.5 Å². The zero-order valence-electron chi connectivity index (χ0n) is 8.43. The first-order valence-corrected chi connectivity index (χ1v) is 4.57. The van der Waals surface area contributed by atoms with Crippen molar-refractivity contribution >= 4 is 0 Å². The number of hydrogen-bond acceptors (Lipinski definition) is 2. The average molecular weight is 158 g/mol. The van der Waals surface area contributed by atoms with Gasteiger partial charge in [-0.25, -0.2) is 0 Å². The molecule has 0 aromatic rings. The molecular weight excluding hydrogens is 136 g/mol. The first-order chi connectivity index (χ1) is 5.20. The molecule has 0 fully saturated rings. The van der Waals surface area contributed by atoms with Gasteiger partial charge in [-0.3, -0.25) is 0 Å². The largest absolute Gasteiger partial charge is 0.307 e. The van der Waals surface area contributed by atoms with Crippen molar-refractivity contribution < 1.29 is 0 Å². The van der Waals surface area contributed by atoms with E-state index in [0.29, 0.717) is 0 Å². The van der Waals surface area contributed by atoms with Crippen LogP contribution in [0.2, 0.25) is 0 Å². The molecule has 2 heteroatoms. The minimum atomic E-state index is 1.16. The third kappa shape index (κ3) is 6.32. The molecule has 0 atom stereocenters. The van der Waals surface area contributed by atoms with Crippen molar-refractivity contribution in [3.05, 3.63) is 0 Å². The summed E-state index contributed by atoms with van der Waals surface area (Å²) in [5.74, 6) is 0. The molecule has 0 amide bonds. The van der Waals surface area contributed by atoms with E-state index in [4.69, 9.17) is 0 Å². The summed E-state index contributed by atoms with van der Waals surface area (Å²) in [6.07, 6.45) is 1.29. The molecule has 2 nitrogen and oxygen atoms in total. The van der Waals surface area contributed by atoms with E-state index in [2.05, 4.69) is 37.7 Å². The van der Waals surface area contributed by atoms with Crippen molar-refractivity contribution in [3.8, 4) is 0 Å². The molecule has 0 rings (SSSR count). The molecule has 0 unspecified atom stereocenters. The van der Waals surface area contributed by atoms with Gasteiger partial charge in [0.25, 0.3) is 0 Å². The van der Waals surface area contributed by atoms with Gasteiger partial charge in [0.1, 0.15) is 0 Å². The van der Waals surface area contributed by atoms with Crippen LogP contribution in [0.5, 0.6) is 0 Å². The lowest BCUT2D eigenvalue weighted by Crippen LogP contribution is -2.25. The second-order valence-corrected chi connectivity index (χ2v) is 3.15. The highest BCUT2D eigenvalue weighted by molar-refractivity contribution is 4.52. The fourth-order valence-corrected chi connectivity index (χ4v) is 0.927. The lowest BCUT2D eigenvalue weighted by Gasteiger charge is -2.17. The lowest BCUT2D eigenvalue weighted by atomic mass is 10.3. The molecule has 11 heavy (non-hydrogen) atoms. The Labute approximate surface area is 71.2 Å². The Balaban J connectivity index is 3.13. The Morgan fingerprint density at radius 1 is 0.818 bits per heavy atom. The van der Waals surface area contributed by atoms with Crippen molar-refractivity contribution in [1.82, 2.24) is 9.80 Å². The van der Waals surface area contributed by atoms with E-state index >= 15 is 0 Å². The molecule has 0 aliphatic rings. The molecule has 68 valence electrons. The minimum absolute atomic E-state index is 1.16. The van der Waals surface area contributed by atoms with E-state index in [0.717, 1.165) is 13.1 Å². The summed E-state index contributed by atoms with van der Waals surface area (Å²) in [5, 5.41) is 0. The predicted octanol–water partition coefficient (Wildman–Crippen LogP) is 1.28. The van der Waals surface area contributed by atoms with Gasteiger partial charge in [-0.05, 0) is 46.7 Å². The minimum Gasteiger partial charge on any atom is -0.307 e. The van der Waals surface area contributed by atoms with Crippen LogP contribution in [0, 0.1) is 0 Å². The van der Waals surface area contributed by atoms with Crippen LogP contribution in [0.25, 0.3) is 0 Å². The van der Waals surface area contributed by atoms with Crippen molar-refractivity contribution in [2.45, 2.75) is 20.3 Å². The highest BCUT2D eigenvalue weighted by Crippen LogP contribution is 1.89. The molecule has 0 saturated carbocycles. The first-order valence-electron chi connectivity index (χ1n) is 4.57. The number of hydrogen-bond donors (Lipinski definition) is 0. The van der Waals surface area contributed by atoms with Gasteiger partial charge in [0, 0.05) is 0 Å². The molecule has 0 radical (unpaired) electrons. The third-order valence-electron chi connectivity index (χ3n) is 2.16. The summed E-state index contributed by atoms with van der Waals surface area (Å²) >= 11 is 0. The van der Waals surface area contributed by atoms with Crippen LogP contribution < -0.4 is 0 Å². The second kappa shape index (κ2) is 6.62. The summed E-state index contributed by atoms with van der Waals surface area (Å²) in [5.41, 5.74) is 0. The van der Waals surface area contributed by atoms with Crippen LogP contribution >= 0.6 is 0 Å². The fourth-order valence-electron chi connectivity index (χ4n) is 0.927. The summed E-state index contributed by atoms with van der Waals surface area (Å²) < 4.78 is 0. The third-order valence-corrected chi connectivity index (χ3v) is 2.16. The van der Waals surface area contributed by atoms with E-state index in [1.54, 1.807) is 0 Å². The first kappa shape index (κ1) is 10.9. The van der Waals surface area contributed by atoms with Crippen molar-refractivity contribution in [2.75, 3.05) is 40.3 Å². The second-order valence-electron chi connectivity index (χ2n) is 3.15. The van der Waals surface area contributed by atoms with Gasteiger partial charge >= 0.3 is 0 Å². The number of nitrogens with zero attached hydrogens (tertiary/aromatic N) is 2. The molecular formula is C9H22N2. The molecule has 0 aliphatic heterocycles. The van der Waals surface area contributed by atoms with Gasteiger partial charge in [-0.2, -0.15) is 0 Å². The van der Waals surface area contributed by atoms with Crippen LogP contribution in [0.3, 0.4) is 0 Å². The van der Waals surface area contributed by atoms with Gasteiger partial charge in [0.15, 0.2) is 0 Å². The maximum atomic E-state index is 2.35. The van der Waals surface area contributed by atoms with Crippen LogP contribution in [0.1, 0.15) is 20.3 Å². The maximum absolute atomic E-state index is 2.35. The maximum Gasteiger partial charge on any atom is -0.000972 e. The molecule has 0 aromatic heterocycles. The van der Waals surface area contributed by atoms with Crippen LogP contribution in [-0.4, -0.2) is 50.1 Å². The smallest absolute Gasteiger partial charge is 0.000972 e. The van der Waals surface area contributed by atoms with E-state index < -0.39 is 0 Å². The fraction of sp³-hybridized carbons (Fsp3) is 1.00. The Morgan fingerprint density at radius 3 is 1.45 bits per heavy atom. The molecule has 0 N–H and O–H groups in total. The summed E-state index contributed by atoms with van der Waals surface area (Å²) in [6.45, 7) is 9.17. The van der Waals surface area contributed by atoms with Crippen molar-refractivity contribution in [2.24, 2.45) is 0 Å². The summed E-state index contributed by atoms with van der Waals surface area (Å²) in [6, 6.07) is 0.